The molecule has 0 rings (SSSR count). The standard InChI is InChI=1S/C49H88NO8P/c1-3-5-7-9-11-13-15-17-19-21-22-23-24-26-28-30-32-34-36-38-40-42-49(52)58-47(46-57-59(53,54)56-44-43-50)45-55-48(51)41-39-37-35-33-31-29-27-25-20-18-16-14-12-10-8-6-4-2/h6,8,12,14,18,20,27,29,33,35,47H,3-5,7,9-11,13,15-17,19,21-26,28,30-32,34,36-46,50H2,1-2H3,(H,53,54)/b8-6+,14-12+,20-18+,29-27+,35-33+/t47-/m1/s1. The molecule has 0 radical (unpaired) electrons. The average molecular weight is 850 g/mol. The summed E-state index contributed by atoms with van der Waals surface area (Å²) in [6, 6.07) is 0. The maximum Gasteiger partial charge on any atom is 0.472 e. The monoisotopic (exact) mass is 850 g/mol. The molecule has 0 heterocycles. The van der Waals surface area contributed by atoms with Gasteiger partial charge in [-0.15, -0.1) is 0 Å². The topological polar surface area (TPSA) is 134 Å². The Morgan fingerprint density at radius 3 is 1.37 bits per heavy atom. The van der Waals surface area contributed by atoms with Gasteiger partial charge in [0.15, 0.2) is 6.10 Å². The number of hydrogen-bond donors (Lipinski definition) is 2. The van der Waals surface area contributed by atoms with Crippen LogP contribution >= 0.6 is 7.82 Å². The molecule has 0 aliphatic rings. The normalized spacial score (nSPS) is 13.8. The van der Waals surface area contributed by atoms with E-state index in [-0.39, 0.29) is 32.6 Å². The maximum atomic E-state index is 12.6. The van der Waals surface area contributed by atoms with Gasteiger partial charge in [0.25, 0.3) is 0 Å². The van der Waals surface area contributed by atoms with Crippen LogP contribution in [-0.2, 0) is 32.7 Å². The lowest BCUT2D eigenvalue weighted by Gasteiger charge is -2.19. The Morgan fingerprint density at radius 1 is 0.525 bits per heavy atom. The predicted octanol–water partition coefficient (Wildman–Crippen LogP) is 14.1. The summed E-state index contributed by atoms with van der Waals surface area (Å²) in [4.78, 5) is 34.9. The van der Waals surface area contributed by atoms with Gasteiger partial charge in [0.2, 0.25) is 0 Å². The first-order chi connectivity index (χ1) is 28.8. The van der Waals surface area contributed by atoms with Crippen LogP contribution in [0.4, 0.5) is 0 Å². The number of esters is 2. The number of phosphoric acid groups is 1. The van der Waals surface area contributed by atoms with Crippen molar-refractivity contribution in [3.63, 3.8) is 0 Å². The van der Waals surface area contributed by atoms with Gasteiger partial charge in [-0.2, -0.15) is 0 Å². The summed E-state index contributed by atoms with van der Waals surface area (Å²) in [5.74, 6) is -0.893. The van der Waals surface area contributed by atoms with Gasteiger partial charge >= 0.3 is 19.8 Å². The SMILES string of the molecule is CC/C=C/C/C=C/C/C=C/C/C=C/C/C=C/CCCC(=O)OC[C@H](COP(=O)(O)OCCN)OC(=O)CCCCCCCCCCCCCCCCCCCCCCC. The van der Waals surface area contributed by atoms with Crippen molar-refractivity contribution in [1.29, 1.82) is 0 Å². The van der Waals surface area contributed by atoms with E-state index in [9.17, 15) is 19.0 Å². The molecule has 9 nitrogen and oxygen atoms in total. The van der Waals surface area contributed by atoms with Crippen LogP contribution in [0.15, 0.2) is 60.8 Å². The van der Waals surface area contributed by atoms with Crippen LogP contribution < -0.4 is 5.73 Å². The van der Waals surface area contributed by atoms with Crippen molar-refractivity contribution in [3.8, 4) is 0 Å². The van der Waals surface area contributed by atoms with Gasteiger partial charge < -0.3 is 20.1 Å². The number of unbranched alkanes of at least 4 members (excludes halogenated alkanes) is 21. The molecule has 1 unspecified atom stereocenters. The van der Waals surface area contributed by atoms with E-state index in [4.69, 9.17) is 24.3 Å². The van der Waals surface area contributed by atoms with Crippen molar-refractivity contribution in [1.82, 2.24) is 0 Å². The smallest absolute Gasteiger partial charge is 0.462 e. The Labute approximate surface area is 361 Å². The quantitative estimate of drug-likeness (QED) is 0.0266. The molecule has 0 aromatic heterocycles. The van der Waals surface area contributed by atoms with Gasteiger partial charge in [-0.25, -0.2) is 4.57 Å². The Balaban J connectivity index is 4.14. The lowest BCUT2D eigenvalue weighted by molar-refractivity contribution is -0.161. The third-order valence-electron chi connectivity index (χ3n) is 9.92. The van der Waals surface area contributed by atoms with Gasteiger partial charge in [-0.1, -0.05) is 203 Å². The van der Waals surface area contributed by atoms with Crippen molar-refractivity contribution < 1.29 is 37.6 Å². The Hall–Kier alpha value is -2.29. The van der Waals surface area contributed by atoms with Crippen LogP contribution in [0.5, 0.6) is 0 Å². The molecule has 3 N–H and O–H groups in total. The van der Waals surface area contributed by atoms with E-state index in [0.29, 0.717) is 12.8 Å². The van der Waals surface area contributed by atoms with Crippen molar-refractivity contribution in [2.45, 2.75) is 213 Å². The van der Waals surface area contributed by atoms with Crippen molar-refractivity contribution in [3.05, 3.63) is 60.8 Å². The number of allylic oxidation sites excluding steroid dienone is 10. The zero-order chi connectivity index (χ0) is 43.2. The number of ether oxygens (including phenoxy) is 2. The van der Waals surface area contributed by atoms with Gasteiger partial charge in [0.05, 0.1) is 13.2 Å². The predicted molar refractivity (Wildman–Crippen MR) is 247 cm³/mol. The Morgan fingerprint density at radius 2 is 0.932 bits per heavy atom. The van der Waals surface area contributed by atoms with E-state index in [1.165, 1.54) is 109 Å². The van der Waals surface area contributed by atoms with Crippen LogP contribution in [0.3, 0.4) is 0 Å². The van der Waals surface area contributed by atoms with Gasteiger partial charge in [-0.05, 0) is 51.4 Å². The number of rotatable bonds is 44. The fourth-order valence-electron chi connectivity index (χ4n) is 6.44. The Bertz CT molecular complexity index is 1150. The average Bonchev–Trinajstić information content (AvgIpc) is 3.22. The molecule has 0 amide bonds. The fourth-order valence-corrected chi connectivity index (χ4v) is 7.20. The maximum absolute atomic E-state index is 12.6. The highest BCUT2D eigenvalue weighted by Crippen LogP contribution is 2.43. The van der Waals surface area contributed by atoms with Crippen molar-refractivity contribution in [2.24, 2.45) is 5.73 Å². The molecule has 0 saturated carbocycles. The summed E-state index contributed by atoms with van der Waals surface area (Å²) in [5, 5.41) is 0. The lowest BCUT2D eigenvalue weighted by Crippen LogP contribution is -2.29. The lowest BCUT2D eigenvalue weighted by atomic mass is 10.0. The second-order valence-corrected chi connectivity index (χ2v) is 17.1. The molecular formula is C49H88NO8P. The molecular weight excluding hydrogens is 762 g/mol. The molecule has 0 fully saturated rings. The third-order valence-corrected chi connectivity index (χ3v) is 10.9. The molecule has 0 aromatic carbocycles. The summed E-state index contributed by atoms with van der Waals surface area (Å²) in [7, 11) is -4.39. The van der Waals surface area contributed by atoms with E-state index in [1.54, 1.807) is 0 Å². The molecule has 0 aliphatic carbocycles. The summed E-state index contributed by atoms with van der Waals surface area (Å²) in [5.41, 5.74) is 5.35. The summed E-state index contributed by atoms with van der Waals surface area (Å²) in [6.45, 7) is 3.57. The van der Waals surface area contributed by atoms with E-state index in [1.807, 2.05) is 6.08 Å². The molecule has 2 atom stereocenters. The van der Waals surface area contributed by atoms with Crippen LogP contribution in [0, 0.1) is 0 Å². The summed E-state index contributed by atoms with van der Waals surface area (Å²) in [6.07, 6.45) is 54.1. The first kappa shape index (κ1) is 56.7. The molecule has 0 spiro atoms. The minimum absolute atomic E-state index is 0.0447. The summed E-state index contributed by atoms with van der Waals surface area (Å²) < 4.78 is 32.8. The van der Waals surface area contributed by atoms with E-state index in [2.05, 4.69) is 68.5 Å². The zero-order valence-corrected chi connectivity index (χ0v) is 38.6. The number of carbonyl (C=O) groups excluding carboxylic acids is 2. The highest BCUT2D eigenvalue weighted by Gasteiger charge is 2.26. The highest BCUT2D eigenvalue weighted by atomic mass is 31.2. The van der Waals surface area contributed by atoms with E-state index >= 15 is 0 Å². The first-order valence-electron chi connectivity index (χ1n) is 23.8. The molecule has 0 aliphatic heterocycles. The minimum Gasteiger partial charge on any atom is -0.462 e. The van der Waals surface area contributed by atoms with Crippen LogP contribution in [0.1, 0.15) is 206 Å². The van der Waals surface area contributed by atoms with Crippen LogP contribution in [0.25, 0.3) is 0 Å². The fraction of sp³-hybridized carbons (Fsp3) is 0.755. The van der Waals surface area contributed by atoms with E-state index in [0.717, 1.165) is 57.8 Å². The second kappa shape index (κ2) is 45.2. The largest absolute Gasteiger partial charge is 0.472 e. The molecule has 0 bridgehead atoms. The zero-order valence-electron chi connectivity index (χ0n) is 37.7. The van der Waals surface area contributed by atoms with Crippen LogP contribution in [0.2, 0.25) is 0 Å². The molecule has 342 valence electrons. The minimum atomic E-state index is -4.39. The van der Waals surface area contributed by atoms with E-state index < -0.39 is 32.5 Å². The van der Waals surface area contributed by atoms with Crippen molar-refractivity contribution in [2.75, 3.05) is 26.4 Å². The molecule has 0 saturated heterocycles. The van der Waals surface area contributed by atoms with Gasteiger partial charge in [0.1, 0.15) is 6.61 Å². The molecule has 10 heteroatoms. The highest BCUT2D eigenvalue weighted by molar-refractivity contribution is 7.47. The van der Waals surface area contributed by atoms with Gasteiger partial charge in [-0.3, -0.25) is 18.6 Å². The Kier molecular flexibility index (Phi) is 43.5. The number of phosphoric ester groups is 1. The third kappa shape index (κ3) is 45.1. The molecule has 59 heavy (non-hydrogen) atoms. The number of carbonyl (C=O) groups is 2. The summed E-state index contributed by atoms with van der Waals surface area (Å²) >= 11 is 0. The second-order valence-electron chi connectivity index (χ2n) is 15.6. The number of hydrogen-bond acceptors (Lipinski definition) is 8. The number of nitrogens with two attached hydrogens (primary N) is 1. The van der Waals surface area contributed by atoms with Gasteiger partial charge in [0, 0.05) is 19.4 Å². The first-order valence-corrected chi connectivity index (χ1v) is 25.3. The van der Waals surface area contributed by atoms with Crippen molar-refractivity contribution >= 4 is 19.8 Å². The molecule has 0 aromatic rings. The van der Waals surface area contributed by atoms with Crippen LogP contribution in [-0.4, -0.2) is 49.3 Å².